The topological polar surface area (TPSA) is 72.3 Å². The number of methoxy groups -OCH3 is 1. The fraction of sp³-hybridized carbons (Fsp3) is 0.208. The fourth-order valence-corrected chi connectivity index (χ4v) is 4.40. The van der Waals surface area contributed by atoms with Crippen LogP contribution in [0, 0.1) is 0 Å². The van der Waals surface area contributed by atoms with Crippen LogP contribution in [0.2, 0.25) is 0 Å². The van der Waals surface area contributed by atoms with Crippen LogP contribution in [0.25, 0.3) is 0 Å². The lowest BCUT2D eigenvalue weighted by Crippen LogP contribution is -2.33. The Morgan fingerprint density at radius 2 is 1.87 bits per heavy atom. The minimum atomic E-state index is -0.355. The molecule has 0 aliphatic carbocycles. The molecular formula is C24H21BrN2O4. The van der Waals surface area contributed by atoms with E-state index in [1.54, 1.807) is 13.2 Å². The minimum Gasteiger partial charge on any atom is -0.508 e. The number of hydrogen-bond donors (Lipinski definition) is 2. The molecule has 0 unspecified atom stereocenters. The Morgan fingerprint density at radius 3 is 2.71 bits per heavy atom. The first-order chi connectivity index (χ1) is 15.1. The molecule has 0 spiro atoms. The van der Waals surface area contributed by atoms with Crippen molar-refractivity contribution < 1.29 is 19.3 Å². The van der Waals surface area contributed by atoms with Gasteiger partial charge in [0.1, 0.15) is 17.7 Å². The molecule has 0 fully saturated rings. The highest BCUT2D eigenvalue weighted by molar-refractivity contribution is 9.10. The summed E-state index contributed by atoms with van der Waals surface area (Å²) in [6.07, 6.45) is 0.260. The average Bonchev–Trinajstić information content (AvgIpc) is 3.27. The van der Waals surface area contributed by atoms with Gasteiger partial charge in [0.15, 0.2) is 11.5 Å². The summed E-state index contributed by atoms with van der Waals surface area (Å²) >= 11 is 3.56. The second-order valence-electron chi connectivity index (χ2n) is 7.41. The van der Waals surface area contributed by atoms with Crippen LogP contribution in [-0.2, 0) is 0 Å². The Morgan fingerprint density at radius 1 is 1.03 bits per heavy atom. The van der Waals surface area contributed by atoms with Crippen LogP contribution in [0.1, 0.15) is 35.3 Å². The summed E-state index contributed by atoms with van der Waals surface area (Å²) in [7, 11) is 1.65. The SMILES string of the molecule is COc1ccc(Br)cc1[C@@H]1N=C(c2ccc3c(c2)OCO3)C[C@@H](c2ccccc2O)N1. The van der Waals surface area contributed by atoms with E-state index < -0.39 is 0 Å². The summed E-state index contributed by atoms with van der Waals surface area (Å²) in [5, 5.41) is 14.1. The van der Waals surface area contributed by atoms with Crippen molar-refractivity contribution in [1.82, 2.24) is 5.32 Å². The van der Waals surface area contributed by atoms with Gasteiger partial charge >= 0.3 is 0 Å². The molecule has 2 aliphatic rings. The number of phenols is 1. The molecule has 2 aliphatic heterocycles. The summed E-state index contributed by atoms with van der Waals surface area (Å²) in [5.74, 6) is 2.45. The van der Waals surface area contributed by atoms with Crippen LogP contribution >= 0.6 is 15.9 Å². The molecule has 0 amide bonds. The van der Waals surface area contributed by atoms with Gasteiger partial charge in [0.25, 0.3) is 0 Å². The number of nitrogens with zero attached hydrogens (tertiary/aromatic N) is 1. The number of rotatable bonds is 4. The number of aromatic hydroxyl groups is 1. The van der Waals surface area contributed by atoms with Crippen molar-refractivity contribution in [3.63, 3.8) is 0 Å². The fourth-order valence-electron chi connectivity index (χ4n) is 4.02. The van der Waals surface area contributed by atoms with Gasteiger partial charge in [0.2, 0.25) is 6.79 Å². The number of phenolic OH excluding ortho intramolecular Hbond substituents is 1. The lowest BCUT2D eigenvalue weighted by molar-refractivity contribution is 0.174. The number of para-hydroxylation sites is 1. The summed E-state index contributed by atoms with van der Waals surface area (Å²) in [6.45, 7) is 0.227. The van der Waals surface area contributed by atoms with Gasteiger partial charge in [-0.05, 0) is 48.0 Å². The van der Waals surface area contributed by atoms with Gasteiger partial charge in [-0.1, -0.05) is 34.1 Å². The summed E-state index contributed by atoms with van der Waals surface area (Å²) in [6, 6.07) is 19.0. The second-order valence-corrected chi connectivity index (χ2v) is 8.33. The van der Waals surface area contributed by atoms with Gasteiger partial charge in [-0.15, -0.1) is 0 Å². The van der Waals surface area contributed by atoms with E-state index in [9.17, 15) is 5.11 Å². The van der Waals surface area contributed by atoms with Crippen molar-refractivity contribution >= 4 is 21.6 Å². The maximum atomic E-state index is 10.5. The van der Waals surface area contributed by atoms with Crippen molar-refractivity contribution in [2.45, 2.75) is 18.6 Å². The largest absolute Gasteiger partial charge is 0.508 e. The Kier molecular flexibility index (Phi) is 5.29. The van der Waals surface area contributed by atoms with Gasteiger partial charge in [0, 0.05) is 33.8 Å². The van der Waals surface area contributed by atoms with Gasteiger partial charge in [-0.2, -0.15) is 0 Å². The molecule has 3 aromatic carbocycles. The van der Waals surface area contributed by atoms with E-state index in [1.165, 1.54) is 0 Å². The molecule has 3 aromatic rings. The summed E-state index contributed by atoms with van der Waals surface area (Å²) < 4.78 is 17.6. The maximum Gasteiger partial charge on any atom is 0.231 e. The number of fused-ring (bicyclic) bond motifs is 1. The molecule has 2 heterocycles. The zero-order valence-electron chi connectivity index (χ0n) is 16.8. The van der Waals surface area contributed by atoms with Crippen LogP contribution in [-0.4, -0.2) is 24.7 Å². The van der Waals surface area contributed by atoms with E-state index in [1.807, 2.05) is 54.6 Å². The van der Waals surface area contributed by atoms with E-state index >= 15 is 0 Å². The molecule has 7 heteroatoms. The normalized spacial score (nSPS) is 19.7. The standard InChI is InChI=1S/C24H21BrN2O4/c1-29-21-9-7-15(25)11-17(21)24-26-18(14-6-8-22-23(10-14)31-13-30-22)12-19(27-24)16-4-2-3-5-20(16)28/h2-11,19,24,27-28H,12-13H2,1H3/t19-,24+/m0/s1. The maximum absolute atomic E-state index is 10.5. The van der Waals surface area contributed by atoms with Crippen molar-refractivity contribution in [1.29, 1.82) is 0 Å². The molecule has 0 aromatic heterocycles. The third kappa shape index (κ3) is 3.86. The molecule has 158 valence electrons. The number of halogens is 1. The Labute approximate surface area is 188 Å². The highest BCUT2D eigenvalue weighted by atomic mass is 79.9. The quantitative estimate of drug-likeness (QED) is 0.542. The molecular weight excluding hydrogens is 460 g/mol. The average molecular weight is 481 g/mol. The molecule has 2 atom stereocenters. The first kappa shape index (κ1) is 19.9. The molecule has 0 radical (unpaired) electrons. The summed E-state index contributed by atoms with van der Waals surface area (Å²) in [5.41, 5.74) is 3.62. The monoisotopic (exact) mass is 480 g/mol. The zero-order chi connectivity index (χ0) is 21.4. The van der Waals surface area contributed by atoms with Gasteiger partial charge in [0.05, 0.1) is 7.11 Å². The summed E-state index contributed by atoms with van der Waals surface area (Å²) in [4.78, 5) is 5.03. The van der Waals surface area contributed by atoms with Crippen LogP contribution in [0.15, 0.2) is 70.1 Å². The molecule has 31 heavy (non-hydrogen) atoms. The van der Waals surface area contributed by atoms with Crippen LogP contribution < -0.4 is 19.5 Å². The van der Waals surface area contributed by atoms with Crippen LogP contribution in [0.5, 0.6) is 23.0 Å². The van der Waals surface area contributed by atoms with E-state index in [0.29, 0.717) is 6.42 Å². The molecule has 0 saturated carbocycles. The van der Waals surface area contributed by atoms with E-state index in [2.05, 4.69) is 21.2 Å². The van der Waals surface area contributed by atoms with Crippen molar-refractivity contribution in [3.05, 3.63) is 81.8 Å². The number of ether oxygens (including phenoxy) is 3. The first-order valence-corrected chi connectivity index (χ1v) is 10.8. The molecule has 0 saturated heterocycles. The van der Waals surface area contributed by atoms with E-state index in [0.717, 1.165) is 44.1 Å². The number of benzene rings is 3. The first-order valence-electron chi connectivity index (χ1n) is 9.96. The number of aliphatic imine (C=N–C) groups is 1. The molecule has 2 N–H and O–H groups in total. The van der Waals surface area contributed by atoms with Crippen molar-refractivity contribution in [3.8, 4) is 23.0 Å². The van der Waals surface area contributed by atoms with Crippen LogP contribution in [0.3, 0.4) is 0 Å². The van der Waals surface area contributed by atoms with Gasteiger partial charge in [-0.3, -0.25) is 10.3 Å². The third-order valence-corrected chi connectivity index (χ3v) is 6.04. The Hall–Kier alpha value is -3.03. The highest BCUT2D eigenvalue weighted by Gasteiger charge is 2.30. The Balaban J connectivity index is 1.60. The van der Waals surface area contributed by atoms with E-state index in [4.69, 9.17) is 19.2 Å². The third-order valence-electron chi connectivity index (χ3n) is 5.55. The molecule has 6 nitrogen and oxygen atoms in total. The smallest absolute Gasteiger partial charge is 0.231 e. The second kappa shape index (κ2) is 8.24. The lowest BCUT2D eigenvalue weighted by Gasteiger charge is -2.31. The van der Waals surface area contributed by atoms with Crippen molar-refractivity contribution in [2.75, 3.05) is 13.9 Å². The minimum absolute atomic E-state index is 0.132. The van der Waals surface area contributed by atoms with E-state index in [-0.39, 0.29) is 24.8 Å². The predicted molar refractivity (Wildman–Crippen MR) is 121 cm³/mol. The molecule has 0 bridgehead atoms. The number of hydrogen-bond acceptors (Lipinski definition) is 6. The van der Waals surface area contributed by atoms with Gasteiger partial charge < -0.3 is 19.3 Å². The van der Waals surface area contributed by atoms with Crippen molar-refractivity contribution in [2.24, 2.45) is 4.99 Å². The van der Waals surface area contributed by atoms with Gasteiger partial charge in [-0.25, -0.2) is 0 Å². The van der Waals surface area contributed by atoms with Crippen LogP contribution in [0.4, 0.5) is 0 Å². The lowest BCUT2D eigenvalue weighted by atomic mass is 9.93. The zero-order valence-corrected chi connectivity index (χ0v) is 18.4. The number of nitrogens with one attached hydrogen (secondary N) is 1. The molecule has 5 rings (SSSR count). The highest BCUT2D eigenvalue weighted by Crippen LogP contribution is 2.39. The predicted octanol–water partition coefficient (Wildman–Crippen LogP) is 5.11. The Bertz CT molecular complexity index is 1160.